The lowest BCUT2D eigenvalue weighted by Crippen LogP contribution is -2.14. The molecule has 0 aliphatic heterocycles. The van der Waals surface area contributed by atoms with E-state index in [1.807, 2.05) is 0 Å². The number of allylic oxidation sites excluding steroid dienone is 3. The van der Waals surface area contributed by atoms with Crippen molar-refractivity contribution in [2.75, 3.05) is 7.05 Å². The number of hydrogen-bond acceptors (Lipinski definition) is 4. The normalized spacial score (nSPS) is 16.8. The van der Waals surface area contributed by atoms with E-state index in [1.54, 1.807) is 0 Å². The average Bonchev–Trinajstić information content (AvgIpc) is 2.40. The van der Waals surface area contributed by atoms with Gasteiger partial charge in [0.1, 0.15) is 11.6 Å². The van der Waals surface area contributed by atoms with Crippen molar-refractivity contribution in [2.45, 2.75) is 6.42 Å². The van der Waals surface area contributed by atoms with Gasteiger partial charge in [-0.3, -0.25) is 15.1 Å². The largest absolute Gasteiger partial charge is 0.507 e. The molecular weight excluding hydrogens is 297 g/mol. The zero-order valence-corrected chi connectivity index (χ0v) is 11.9. The van der Waals surface area contributed by atoms with Crippen LogP contribution in [0.15, 0.2) is 53.5 Å². The third kappa shape index (κ3) is 3.32. The Morgan fingerprint density at radius 2 is 2.10 bits per heavy atom. The first-order chi connectivity index (χ1) is 9.90. The molecule has 0 atom stereocenters. The van der Waals surface area contributed by atoms with Crippen molar-refractivity contribution in [1.29, 1.82) is 0 Å². The fourth-order valence-electron chi connectivity index (χ4n) is 1.99. The monoisotopic (exact) mass is 309 g/mol. The van der Waals surface area contributed by atoms with Gasteiger partial charge in [0.25, 0.3) is 0 Å². The molecule has 2 rings (SSSR count). The predicted molar refractivity (Wildman–Crippen MR) is 76.5 cm³/mol. The molecule has 0 fully saturated rings. The Kier molecular flexibility index (Phi) is 4.45. The highest BCUT2D eigenvalue weighted by atomic mass is 35.5. The zero-order chi connectivity index (χ0) is 15.6. The second-order valence-corrected chi connectivity index (χ2v) is 4.97. The van der Waals surface area contributed by atoms with Gasteiger partial charge < -0.3 is 5.11 Å². The van der Waals surface area contributed by atoms with E-state index in [0.29, 0.717) is 0 Å². The zero-order valence-electron chi connectivity index (χ0n) is 11.2. The standard InChI is InChI=1S/C15H13ClFNO3/c1-18(21)8-9-5-6-14(19)11(15(9)20)7-10-12(16)3-2-4-13(10)17/h2-6,8,20-21H,7H2,1H3/b9-8-. The fraction of sp³-hybridized carbons (Fsp3) is 0.133. The van der Waals surface area contributed by atoms with Crippen molar-refractivity contribution in [3.63, 3.8) is 0 Å². The van der Waals surface area contributed by atoms with Gasteiger partial charge in [-0.15, -0.1) is 0 Å². The van der Waals surface area contributed by atoms with Crippen molar-refractivity contribution < 1.29 is 19.5 Å². The Bertz CT molecular complexity index is 657. The van der Waals surface area contributed by atoms with Crippen LogP contribution in [0.25, 0.3) is 0 Å². The molecule has 2 N–H and O–H groups in total. The van der Waals surface area contributed by atoms with Gasteiger partial charge in [0.2, 0.25) is 0 Å². The molecule has 0 aromatic heterocycles. The SMILES string of the molecule is CN(O)/C=C1/C=CC(=O)C(Cc2c(F)cccc2Cl)=C1O. The first-order valence-corrected chi connectivity index (χ1v) is 6.49. The van der Waals surface area contributed by atoms with E-state index in [1.165, 1.54) is 43.6 Å². The number of halogens is 2. The molecule has 110 valence electrons. The molecule has 1 aromatic rings. The first-order valence-electron chi connectivity index (χ1n) is 6.11. The van der Waals surface area contributed by atoms with Gasteiger partial charge in [-0.2, -0.15) is 0 Å². The molecule has 0 radical (unpaired) electrons. The molecular formula is C15H13ClFNO3. The average molecular weight is 310 g/mol. The lowest BCUT2D eigenvalue weighted by Gasteiger charge is -2.16. The second kappa shape index (κ2) is 6.11. The summed E-state index contributed by atoms with van der Waals surface area (Å²) < 4.78 is 13.8. The van der Waals surface area contributed by atoms with Gasteiger partial charge in [-0.25, -0.2) is 4.39 Å². The van der Waals surface area contributed by atoms with Crippen LogP contribution in [0.3, 0.4) is 0 Å². The van der Waals surface area contributed by atoms with Crippen LogP contribution in [0.2, 0.25) is 5.02 Å². The van der Waals surface area contributed by atoms with Gasteiger partial charge in [0.05, 0.1) is 0 Å². The maximum Gasteiger partial charge on any atom is 0.185 e. The topological polar surface area (TPSA) is 60.8 Å². The Labute approximate surface area is 126 Å². The lowest BCUT2D eigenvalue weighted by atomic mass is 9.93. The van der Waals surface area contributed by atoms with Gasteiger partial charge in [0, 0.05) is 41.4 Å². The van der Waals surface area contributed by atoms with Gasteiger partial charge >= 0.3 is 0 Å². The summed E-state index contributed by atoms with van der Waals surface area (Å²) >= 11 is 5.93. The molecule has 1 aliphatic rings. The summed E-state index contributed by atoms with van der Waals surface area (Å²) in [5.41, 5.74) is 0.417. The Morgan fingerprint density at radius 3 is 2.71 bits per heavy atom. The van der Waals surface area contributed by atoms with Crippen molar-refractivity contribution in [1.82, 2.24) is 5.06 Å². The highest BCUT2D eigenvalue weighted by Crippen LogP contribution is 2.27. The molecule has 0 spiro atoms. The van der Waals surface area contributed by atoms with Crippen LogP contribution in [-0.4, -0.2) is 28.2 Å². The second-order valence-electron chi connectivity index (χ2n) is 4.56. The molecule has 1 aliphatic carbocycles. The quantitative estimate of drug-likeness (QED) is 0.842. The minimum Gasteiger partial charge on any atom is -0.507 e. The minimum absolute atomic E-state index is 0.0256. The van der Waals surface area contributed by atoms with E-state index in [-0.39, 0.29) is 33.9 Å². The van der Waals surface area contributed by atoms with E-state index in [4.69, 9.17) is 11.6 Å². The lowest BCUT2D eigenvalue weighted by molar-refractivity contribution is -0.111. The third-order valence-corrected chi connectivity index (χ3v) is 3.37. The summed E-state index contributed by atoms with van der Waals surface area (Å²) in [5.74, 6) is -1.28. The molecule has 0 unspecified atom stereocenters. The highest BCUT2D eigenvalue weighted by Gasteiger charge is 2.22. The number of ketones is 1. The van der Waals surface area contributed by atoms with Crippen molar-refractivity contribution >= 4 is 17.4 Å². The predicted octanol–water partition coefficient (Wildman–Crippen LogP) is 3.18. The number of nitrogens with zero attached hydrogens (tertiary/aromatic N) is 1. The summed E-state index contributed by atoms with van der Waals surface area (Å²) in [5, 5.41) is 20.2. The molecule has 1 aromatic carbocycles. The minimum atomic E-state index is -0.546. The van der Waals surface area contributed by atoms with E-state index in [2.05, 4.69) is 0 Å². The van der Waals surface area contributed by atoms with Crippen LogP contribution < -0.4 is 0 Å². The van der Waals surface area contributed by atoms with Gasteiger partial charge in [-0.1, -0.05) is 17.7 Å². The van der Waals surface area contributed by atoms with Crippen LogP contribution in [0.5, 0.6) is 0 Å². The van der Waals surface area contributed by atoms with E-state index >= 15 is 0 Å². The molecule has 4 nitrogen and oxygen atoms in total. The summed E-state index contributed by atoms with van der Waals surface area (Å²) in [6, 6.07) is 4.21. The molecule has 21 heavy (non-hydrogen) atoms. The first kappa shape index (κ1) is 15.3. The summed E-state index contributed by atoms with van der Waals surface area (Å²) in [6.07, 6.45) is 3.73. The maximum absolute atomic E-state index is 13.8. The molecule has 0 bridgehead atoms. The van der Waals surface area contributed by atoms with Crippen molar-refractivity contribution in [3.8, 4) is 0 Å². The Hall–Kier alpha value is -2.11. The van der Waals surface area contributed by atoms with Crippen molar-refractivity contribution in [3.05, 3.63) is 69.9 Å². The number of rotatable bonds is 3. The smallest absolute Gasteiger partial charge is 0.185 e. The Morgan fingerprint density at radius 1 is 1.38 bits per heavy atom. The molecule has 0 saturated carbocycles. The molecule has 6 heteroatoms. The molecule has 0 saturated heterocycles. The van der Waals surface area contributed by atoms with E-state index < -0.39 is 11.6 Å². The number of carbonyl (C=O) groups is 1. The third-order valence-electron chi connectivity index (χ3n) is 3.01. The Balaban J connectivity index is 2.44. The van der Waals surface area contributed by atoms with Crippen LogP contribution in [0.1, 0.15) is 5.56 Å². The van der Waals surface area contributed by atoms with E-state index in [9.17, 15) is 19.5 Å². The maximum atomic E-state index is 13.8. The summed E-state index contributed by atoms with van der Waals surface area (Å²) in [4.78, 5) is 11.9. The van der Waals surface area contributed by atoms with Crippen LogP contribution in [0.4, 0.5) is 4.39 Å². The number of aliphatic hydroxyl groups is 1. The summed E-state index contributed by atoms with van der Waals surface area (Å²) in [6.45, 7) is 0. The van der Waals surface area contributed by atoms with Crippen LogP contribution in [-0.2, 0) is 11.2 Å². The number of hydroxylamine groups is 2. The molecule has 0 heterocycles. The molecule has 0 amide bonds. The number of hydrogen-bond donors (Lipinski definition) is 2. The van der Waals surface area contributed by atoms with Gasteiger partial charge in [-0.05, 0) is 24.3 Å². The van der Waals surface area contributed by atoms with Gasteiger partial charge in [0.15, 0.2) is 5.78 Å². The van der Waals surface area contributed by atoms with Crippen LogP contribution in [0, 0.1) is 5.82 Å². The van der Waals surface area contributed by atoms with Crippen LogP contribution >= 0.6 is 11.6 Å². The van der Waals surface area contributed by atoms with E-state index in [0.717, 1.165) is 5.06 Å². The number of carbonyl (C=O) groups excluding carboxylic acids is 1. The number of aliphatic hydroxyl groups excluding tert-OH is 1. The van der Waals surface area contributed by atoms with Crippen molar-refractivity contribution in [2.24, 2.45) is 0 Å². The number of benzene rings is 1. The highest BCUT2D eigenvalue weighted by molar-refractivity contribution is 6.31. The summed E-state index contributed by atoms with van der Waals surface area (Å²) in [7, 11) is 1.36. The fourth-order valence-corrected chi connectivity index (χ4v) is 2.22.